The Kier molecular flexibility index (Phi) is 4.12. The van der Waals surface area contributed by atoms with Crippen molar-refractivity contribution in [2.45, 2.75) is 32.0 Å². The first-order valence-electron chi connectivity index (χ1n) is 8.48. The molecule has 1 amide bonds. The van der Waals surface area contributed by atoms with Crippen LogP contribution >= 0.6 is 0 Å². The number of piperidine rings is 1. The lowest BCUT2D eigenvalue weighted by Gasteiger charge is -2.34. The molecule has 4 heterocycles. The molecule has 2 fully saturated rings. The summed E-state index contributed by atoms with van der Waals surface area (Å²) in [4.78, 5) is 23.2. The summed E-state index contributed by atoms with van der Waals surface area (Å²) in [6, 6.07) is 3.49. The van der Waals surface area contributed by atoms with Gasteiger partial charge in [-0.2, -0.15) is 5.10 Å². The first-order chi connectivity index (χ1) is 12.2. The number of carbonyl (C=O) groups is 1. The van der Waals surface area contributed by atoms with E-state index in [1.165, 1.54) is 7.11 Å². The number of aromatic nitrogens is 4. The Balaban J connectivity index is 1.46. The van der Waals surface area contributed by atoms with Crippen LogP contribution in [0.2, 0.25) is 0 Å². The summed E-state index contributed by atoms with van der Waals surface area (Å²) in [6.07, 6.45) is 3.40. The Morgan fingerprint density at radius 2 is 2.36 bits per heavy atom. The van der Waals surface area contributed by atoms with Crippen LogP contribution in [-0.2, 0) is 4.74 Å². The van der Waals surface area contributed by atoms with Crippen LogP contribution in [0.1, 0.15) is 41.0 Å². The molecule has 2 aromatic rings. The molecule has 0 unspecified atom stereocenters. The smallest absolute Gasteiger partial charge is 0.259 e. The normalized spacial score (nSPS) is 25.7. The minimum absolute atomic E-state index is 0.0239. The van der Waals surface area contributed by atoms with Crippen molar-refractivity contribution >= 4 is 5.91 Å². The molecule has 2 saturated heterocycles. The van der Waals surface area contributed by atoms with Crippen molar-refractivity contribution in [3.05, 3.63) is 35.5 Å². The molecule has 2 aliphatic rings. The molecule has 0 aromatic carbocycles. The third kappa shape index (κ3) is 2.97. The van der Waals surface area contributed by atoms with Crippen LogP contribution in [0, 0.1) is 12.8 Å². The van der Waals surface area contributed by atoms with Gasteiger partial charge < -0.3 is 14.4 Å². The molecule has 1 N–H and O–H groups in total. The number of hydrogen-bond acceptors (Lipinski definition) is 6. The van der Waals surface area contributed by atoms with Gasteiger partial charge in [0.1, 0.15) is 17.5 Å². The SMILES string of the molecule is COc1ncccc1C(=O)N1CC[C@H]2C[C@H](c3nc(C)n[nH]3)O[C@@H]2C1. The number of H-pyrrole nitrogens is 1. The van der Waals surface area contributed by atoms with Crippen LogP contribution in [0.25, 0.3) is 0 Å². The summed E-state index contributed by atoms with van der Waals surface area (Å²) in [7, 11) is 1.52. The van der Waals surface area contributed by atoms with Gasteiger partial charge in [0, 0.05) is 19.3 Å². The molecule has 0 spiro atoms. The third-order valence-electron chi connectivity index (χ3n) is 4.95. The summed E-state index contributed by atoms with van der Waals surface area (Å²) in [6.45, 7) is 3.14. The molecule has 8 heteroatoms. The van der Waals surface area contributed by atoms with Crippen molar-refractivity contribution in [3.63, 3.8) is 0 Å². The number of fused-ring (bicyclic) bond motifs is 1. The van der Waals surface area contributed by atoms with Gasteiger partial charge in [0.05, 0.1) is 13.2 Å². The van der Waals surface area contributed by atoms with E-state index in [0.717, 1.165) is 18.7 Å². The van der Waals surface area contributed by atoms with Gasteiger partial charge in [-0.1, -0.05) is 0 Å². The van der Waals surface area contributed by atoms with Gasteiger partial charge in [-0.3, -0.25) is 9.89 Å². The number of amides is 1. The van der Waals surface area contributed by atoms with Gasteiger partial charge in [-0.15, -0.1) is 0 Å². The van der Waals surface area contributed by atoms with Crippen LogP contribution in [0.4, 0.5) is 0 Å². The average Bonchev–Trinajstić information content (AvgIpc) is 3.26. The fraction of sp³-hybridized carbons (Fsp3) is 0.529. The number of aromatic amines is 1. The average molecular weight is 343 g/mol. The number of pyridine rings is 1. The maximum atomic E-state index is 12.8. The lowest BCUT2D eigenvalue weighted by Crippen LogP contribution is -2.45. The number of aryl methyl sites for hydroxylation is 1. The largest absolute Gasteiger partial charge is 0.480 e. The molecular weight excluding hydrogens is 322 g/mol. The standard InChI is InChI=1S/C17H21N5O3/c1-10-19-15(21-20-10)13-8-11-5-7-22(9-14(11)25-13)17(23)12-4-3-6-18-16(12)24-2/h3-4,6,11,13-14H,5,7-9H2,1-2H3,(H,19,20,21)/t11-,13+,14+/m0/s1. The zero-order chi connectivity index (χ0) is 17.4. The van der Waals surface area contributed by atoms with Crippen molar-refractivity contribution in [2.24, 2.45) is 5.92 Å². The molecule has 0 radical (unpaired) electrons. The number of hydrogen-bond donors (Lipinski definition) is 1. The maximum absolute atomic E-state index is 12.8. The van der Waals surface area contributed by atoms with Crippen molar-refractivity contribution in [1.82, 2.24) is 25.1 Å². The molecule has 0 aliphatic carbocycles. The van der Waals surface area contributed by atoms with E-state index in [1.54, 1.807) is 18.3 Å². The van der Waals surface area contributed by atoms with Gasteiger partial charge in [0.2, 0.25) is 5.88 Å². The molecule has 4 rings (SSSR count). The molecule has 2 aromatic heterocycles. The molecule has 2 aliphatic heterocycles. The van der Waals surface area contributed by atoms with Gasteiger partial charge >= 0.3 is 0 Å². The Hall–Kier alpha value is -2.48. The zero-order valence-corrected chi connectivity index (χ0v) is 14.3. The Bertz CT molecular complexity index is 777. The van der Waals surface area contributed by atoms with E-state index in [4.69, 9.17) is 9.47 Å². The van der Waals surface area contributed by atoms with Gasteiger partial charge in [-0.25, -0.2) is 9.97 Å². The fourth-order valence-corrected chi connectivity index (χ4v) is 3.68. The quantitative estimate of drug-likeness (QED) is 0.908. The van der Waals surface area contributed by atoms with Crippen LogP contribution in [0.5, 0.6) is 5.88 Å². The third-order valence-corrected chi connectivity index (χ3v) is 4.95. The Morgan fingerprint density at radius 3 is 3.12 bits per heavy atom. The lowest BCUT2D eigenvalue weighted by molar-refractivity contribution is -0.00692. The van der Waals surface area contributed by atoms with Crippen molar-refractivity contribution in [1.29, 1.82) is 0 Å². The van der Waals surface area contributed by atoms with Gasteiger partial charge in [0.25, 0.3) is 5.91 Å². The topological polar surface area (TPSA) is 93.2 Å². The van der Waals surface area contributed by atoms with Crippen molar-refractivity contribution < 1.29 is 14.3 Å². The first kappa shape index (κ1) is 16.0. The second kappa shape index (κ2) is 6.44. The molecule has 3 atom stereocenters. The first-order valence-corrected chi connectivity index (χ1v) is 8.48. The van der Waals surface area contributed by atoms with E-state index in [1.807, 2.05) is 11.8 Å². The molecular formula is C17H21N5O3. The predicted octanol–water partition coefficient (Wildman–Crippen LogP) is 1.51. The van der Waals surface area contributed by atoms with E-state index >= 15 is 0 Å². The highest BCUT2D eigenvalue weighted by Crippen LogP contribution is 2.40. The Labute approximate surface area is 145 Å². The number of nitrogens with zero attached hydrogens (tertiary/aromatic N) is 4. The fourth-order valence-electron chi connectivity index (χ4n) is 3.68. The number of ether oxygens (including phenoxy) is 2. The lowest BCUT2D eigenvalue weighted by atomic mass is 9.91. The molecule has 132 valence electrons. The summed E-state index contributed by atoms with van der Waals surface area (Å²) in [5.74, 6) is 2.23. The number of methoxy groups -OCH3 is 1. The minimum Gasteiger partial charge on any atom is -0.480 e. The predicted molar refractivity (Wildman–Crippen MR) is 88.2 cm³/mol. The summed E-state index contributed by atoms with van der Waals surface area (Å²) >= 11 is 0. The summed E-state index contributed by atoms with van der Waals surface area (Å²) < 4.78 is 11.4. The van der Waals surface area contributed by atoms with Crippen LogP contribution in [-0.4, -0.2) is 57.3 Å². The summed E-state index contributed by atoms with van der Waals surface area (Å²) in [5, 5.41) is 7.02. The highest BCUT2D eigenvalue weighted by Gasteiger charge is 2.42. The van der Waals surface area contributed by atoms with E-state index in [-0.39, 0.29) is 18.1 Å². The molecule has 0 saturated carbocycles. The highest BCUT2D eigenvalue weighted by molar-refractivity contribution is 5.96. The molecule has 25 heavy (non-hydrogen) atoms. The highest BCUT2D eigenvalue weighted by atomic mass is 16.5. The van der Waals surface area contributed by atoms with Crippen molar-refractivity contribution in [2.75, 3.05) is 20.2 Å². The number of carbonyl (C=O) groups excluding carboxylic acids is 1. The number of nitrogens with one attached hydrogen (secondary N) is 1. The van der Waals surface area contributed by atoms with Crippen LogP contribution in [0.15, 0.2) is 18.3 Å². The number of likely N-dealkylation sites (tertiary alicyclic amines) is 1. The van der Waals surface area contributed by atoms with Gasteiger partial charge in [-0.05, 0) is 37.8 Å². The van der Waals surface area contributed by atoms with E-state index in [9.17, 15) is 4.79 Å². The second-order valence-corrected chi connectivity index (χ2v) is 6.53. The van der Waals surface area contributed by atoms with Crippen LogP contribution in [0.3, 0.4) is 0 Å². The molecule has 8 nitrogen and oxygen atoms in total. The molecule has 0 bridgehead atoms. The monoisotopic (exact) mass is 343 g/mol. The number of rotatable bonds is 3. The van der Waals surface area contributed by atoms with E-state index in [2.05, 4.69) is 20.2 Å². The van der Waals surface area contributed by atoms with E-state index < -0.39 is 0 Å². The van der Waals surface area contributed by atoms with E-state index in [0.29, 0.717) is 36.3 Å². The minimum atomic E-state index is -0.0702. The second-order valence-electron chi connectivity index (χ2n) is 6.53. The Morgan fingerprint density at radius 1 is 1.48 bits per heavy atom. The van der Waals surface area contributed by atoms with Gasteiger partial charge in [0.15, 0.2) is 5.82 Å². The van der Waals surface area contributed by atoms with Crippen molar-refractivity contribution in [3.8, 4) is 5.88 Å². The zero-order valence-electron chi connectivity index (χ0n) is 14.3. The van der Waals surface area contributed by atoms with Crippen LogP contribution < -0.4 is 4.74 Å². The maximum Gasteiger partial charge on any atom is 0.259 e. The summed E-state index contributed by atoms with van der Waals surface area (Å²) in [5.41, 5.74) is 0.490.